The van der Waals surface area contributed by atoms with Crippen LogP contribution in [0, 0.1) is 0 Å². The SMILES string of the molecule is C1=CNc2c(ccc3[nH]ccc23)C=C1. The molecule has 0 bridgehead atoms. The van der Waals surface area contributed by atoms with Crippen molar-refractivity contribution in [2.75, 3.05) is 5.32 Å². The summed E-state index contributed by atoms with van der Waals surface area (Å²) in [5.41, 5.74) is 3.57. The summed E-state index contributed by atoms with van der Waals surface area (Å²) in [6.45, 7) is 0. The molecule has 68 valence electrons. The molecule has 0 unspecified atom stereocenters. The Morgan fingerprint density at radius 3 is 3.00 bits per heavy atom. The minimum absolute atomic E-state index is 1.17. The molecule has 0 aliphatic carbocycles. The van der Waals surface area contributed by atoms with Gasteiger partial charge in [0.1, 0.15) is 0 Å². The average Bonchev–Trinajstić information content (AvgIpc) is 2.55. The molecule has 1 aromatic heterocycles. The lowest BCUT2D eigenvalue weighted by molar-refractivity contribution is 1.47. The first-order valence-electron chi connectivity index (χ1n) is 4.65. The quantitative estimate of drug-likeness (QED) is 0.643. The molecule has 2 heteroatoms. The smallest absolute Gasteiger partial charge is 0.0548 e. The Morgan fingerprint density at radius 1 is 1.00 bits per heavy atom. The van der Waals surface area contributed by atoms with Gasteiger partial charge in [-0.2, -0.15) is 0 Å². The number of H-pyrrole nitrogens is 1. The van der Waals surface area contributed by atoms with E-state index in [1.807, 2.05) is 24.5 Å². The standard InChI is InChI=1S/C12H10N2/c1-2-7-14-12-9(3-1)4-5-11-10(12)6-8-13-11/h1-8,13-14H. The fraction of sp³-hybridized carbons (Fsp3) is 0. The molecular formula is C12H10N2. The first kappa shape index (κ1) is 7.44. The zero-order valence-corrected chi connectivity index (χ0v) is 7.62. The van der Waals surface area contributed by atoms with E-state index in [9.17, 15) is 0 Å². The molecule has 0 atom stereocenters. The highest BCUT2D eigenvalue weighted by Crippen LogP contribution is 2.28. The van der Waals surface area contributed by atoms with Gasteiger partial charge in [0.15, 0.2) is 0 Å². The van der Waals surface area contributed by atoms with Gasteiger partial charge in [0, 0.05) is 23.3 Å². The first-order valence-corrected chi connectivity index (χ1v) is 4.65. The van der Waals surface area contributed by atoms with Crippen LogP contribution in [0.1, 0.15) is 5.56 Å². The van der Waals surface area contributed by atoms with E-state index in [0.29, 0.717) is 0 Å². The zero-order valence-electron chi connectivity index (χ0n) is 7.62. The van der Waals surface area contributed by atoms with Crippen LogP contribution >= 0.6 is 0 Å². The van der Waals surface area contributed by atoms with Crippen molar-refractivity contribution in [3.05, 3.63) is 48.3 Å². The van der Waals surface area contributed by atoms with Gasteiger partial charge in [-0.15, -0.1) is 0 Å². The molecule has 3 rings (SSSR count). The molecule has 2 aromatic rings. The molecule has 1 aliphatic rings. The Hall–Kier alpha value is -1.96. The summed E-state index contributed by atoms with van der Waals surface area (Å²) < 4.78 is 0. The number of benzene rings is 1. The second-order valence-electron chi connectivity index (χ2n) is 3.33. The van der Waals surface area contributed by atoms with Gasteiger partial charge in [0.05, 0.1) is 5.69 Å². The maximum atomic E-state index is 3.29. The van der Waals surface area contributed by atoms with Crippen LogP contribution < -0.4 is 5.32 Å². The largest absolute Gasteiger partial charge is 0.361 e. The number of allylic oxidation sites excluding steroid dienone is 2. The molecule has 0 saturated carbocycles. The Morgan fingerprint density at radius 2 is 2.00 bits per heavy atom. The Kier molecular flexibility index (Phi) is 1.47. The van der Waals surface area contributed by atoms with E-state index in [0.717, 1.165) is 0 Å². The third-order valence-corrected chi connectivity index (χ3v) is 2.48. The average molecular weight is 182 g/mol. The van der Waals surface area contributed by atoms with Crippen LogP contribution in [0.4, 0.5) is 5.69 Å². The second kappa shape index (κ2) is 2.77. The maximum absolute atomic E-state index is 3.29. The maximum Gasteiger partial charge on any atom is 0.0548 e. The summed E-state index contributed by atoms with van der Waals surface area (Å²) in [7, 11) is 0. The fourth-order valence-electron chi connectivity index (χ4n) is 1.80. The molecule has 2 N–H and O–H groups in total. The Balaban J connectivity index is 2.38. The second-order valence-corrected chi connectivity index (χ2v) is 3.33. The number of rotatable bonds is 0. The molecular weight excluding hydrogens is 172 g/mol. The van der Waals surface area contributed by atoms with E-state index in [4.69, 9.17) is 0 Å². The summed E-state index contributed by atoms with van der Waals surface area (Å²) in [4.78, 5) is 3.20. The van der Waals surface area contributed by atoms with Crippen molar-refractivity contribution in [3.63, 3.8) is 0 Å². The third kappa shape index (κ3) is 0.973. The molecule has 0 saturated heterocycles. The van der Waals surface area contributed by atoms with Gasteiger partial charge in [-0.3, -0.25) is 0 Å². The molecule has 2 heterocycles. The molecule has 1 aromatic carbocycles. The van der Waals surface area contributed by atoms with Crippen LogP contribution in [-0.4, -0.2) is 4.98 Å². The summed E-state index contributed by atoms with van der Waals surface area (Å²) in [6, 6.07) is 6.31. The molecule has 0 amide bonds. The lowest BCUT2D eigenvalue weighted by Gasteiger charge is -2.05. The van der Waals surface area contributed by atoms with E-state index < -0.39 is 0 Å². The van der Waals surface area contributed by atoms with E-state index in [2.05, 4.69) is 34.6 Å². The van der Waals surface area contributed by atoms with Crippen LogP contribution in [0.2, 0.25) is 0 Å². The summed E-state index contributed by atoms with van der Waals surface area (Å²) >= 11 is 0. The molecule has 1 aliphatic heterocycles. The Labute approximate surface area is 81.9 Å². The number of fused-ring (bicyclic) bond motifs is 3. The van der Waals surface area contributed by atoms with Crippen LogP contribution in [-0.2, 0) is 0 Å². The van der Waals surface area contributed by atoms with Crippen molar-refractivity contribution < 1.29 is 0 Å². The van der Waals surface area contributed by atoms with E-state index >= 15 is 0 Å². The highest BCUT2D eigenvalue weighted by Gasteiger charge is 2.05. The number of hydrogen-bond acceptors (Lipinski definition) is 1. The topological polar surface area (TPSA) is 27.8 Å². The van der Waals surface area contributed by atoms with Crippen LogP contribution in [0.5, 0.6) is 0 Å². The summed E-state index contributed by atoms with van der Waals surface area (Å²) in [5.74, 6) is 0. The lowest BCUT2D eigenvalue weighted by Crippen LogP contribution is -1.89. The summed E-state index contributed by atoms with van der Waals surface area (Å²) in [5, 5.41) is 4.53. The predicted octanol–water partition coefficient (Wildman–Crippen LogP) is 3.12. The van der Waals surface area contributed by atoms with Crippen molar-refractivity contribution in [1.82, 2.24) is 4.98 Å². The van der Waals surface area contributed by atoms with E-state index in [-0.39, 0.29) is 0 Å². The van der Waals surface area contributed by atoms with Gasteiger partial charge >= 0.3 is 0 Å². The van der Waals surface area contributed by atoms with E-state index in [1.165, 1.54) is 22.2 Å². The molecule has 0 spiro atoms. The lowest BCUT2D eigenvalue weighted by atomic mass is 10.1. The minimum Gasteiger partial charge on any atom is -0.361 e. The van der Waals surface area contributed by atoms with Gasteiger partial charge in [0.2, 0.25) is 0 Å². The number of hydrogen-bond donors (Lipinski definition) is 2. The van der Waals surface area contributed by atoms with Gasteiger partial charge < -0.3 is 10.3 Å². The van der Waals surface area contributed by atoms with Gasteiger partial charge in [-0.05, 0) is 23.8 Å². The third-order valence-electron chi connectivity index (χ3n) is 2.48. The monoisotopic (exact) mass is 182 g/mol. The van der Waals surface area contributed by atoms with Gasteiger partial charge in [-0.25, -0.2) is 0 Å². The molecule has 2 nitrogen and oxygen atoms in total. The predicted molar refractivity (Wildman–Crippen MR) is 60.1 cm³/mol. The molecule has 0 radical (unpaired) electrons. The van der Waals surface area contributed by atoms with Crippen LogP contribution in [0.15, 0.2) is 42.7 Å². The highest BCUT2D eigenvalue weighted by molar-refractivity contribution is 5.97. The highest BCUT2D eigenvalue weighted by atomic mass is 14.9. The minimum atomic E-state index is 1.17. The molecule has 14 heavy (non-hydrogen) atoms. The normalized spacial score (nSPS) is 13.7. The van der Waals surface area contributed by atoms with Gasteiger partial charge in [0.25, 0.3) is 0 Å². The van der Waals surface area contributed by atoms with Crippen molar-refractivity contribution in [3.8, 4) is 0 Å². The van der Waals surface area contributed by atoms with Crippen molar-refractivity contribution in [2.45, 2.75) is 0 Å². The van der Waals surface area contributed by atoms with Crippen molar-refractivity contribution in [1.29, 1.82) is 0 Å². The number of nitrogens with one attached hydrogen (secondary N) is 2. The number of aromatic nitrogens is 1. The number of aromatic amines is 1. The fourth-order valence-corrected chi connectivity index (χ4v) is 1.80. The van der Waals surface area contributed by atoms with Crippen molar-refractivity contribution >= 4 is 22.7 Å². The van der Waals surface area contributed by atoms with Gasteiger partial charge in [-0.1, -0.05) is 18.2 Å². The molecule has 0 fully saturated rings. The van der Waals surface area contributed by atoms with E-state index in [1.54, 1.807) is 0 Å². The van der Waals surface area contributed by atoms with Crippen molar-refractivity contribution in [2.24, 2.45) is 0 Å². The first-order chi connectivity index (χ1) is 6.95. The van der Waals surface area contributed by atoms with Crippen LogP contribution in [0.3, 0.4) is 0 Å². The Bertz CT molecular complexity index is 532. The van der Waals surface area contributed by atoms with Crippen LogP contribution in [0.25, 0.3) is 17.0 Å². The zero-order chi connectivity index (χ0) is 9.38. The summed E-state index contributed by atoms with van der Waals surface area (Å²) in [6.07, 6.45) is 10.1. The number of anilines is 1.